The molecular weight excluding hydrogens is 341 g/mol. The standard InChI is InChI=1S/C19H15ClFN3O/c20-16-6-2-1-5-13(16)11-23-15-9-14(10-22-12-15)19(25)24-18-8-4-3-7-17(18)21/h1-10,12,23H,11H2,(H,24,25). The molecule has 0 aliphatic carbocycles. The van der Waals surface area contributed by atoms with Gasteiger partial charge in [-0.25, -0.2) is 4.39 Å². The molecule has 1 aromatic heterocycles. The molecule has 2 N–H and O–H groups in total. The third-order valence-corrected chi connectivity index (χ3v) is 3.93. The maximum atomic E-state index is 13.6. The van der Waals surface area contributed by atoms with Gasteiger partial charge in [0.25, 0.3) is 5.91 Å². The summed E-state index contributed by atoms with van der Waals surface area (Å²) >= 11 is 6.12. The van der Waals surface area contributed by atoms with Crippen LogP contribution in [0.25, 0.3) is 0 Å². The Morgan fingerprint density at radius 1 is 1.08 bits per heavy atom. The highest BCUT2D eigenvalue weighted by atomic mass is 35.5. The third-order valence-electron chi connectivity index (χ3n) is 3.56. The second-order valence-corrected chi connectivity index (χ2v) is 5.75. The molecular formula is C19H15ClFN3O. The Morgan fingerprint density at radius 3 is 2.64 bits per heavy atom. The molecule has 126 valence electrons. The molecule has 0 saturated heterocycles. The van der Waals surface area contributed by atoms with Gasteiger partial charge in [0.1, 0.15) is 5.82 Å². The van der Waals surface area contributed by atoms with Gasteiger partial charge < -0.3 is 10.6 Å². The minimum atomic E-state index is -0.489. The molecule has 0 spiro atoms. The number of nitrogens with zero attached hydrogens (tertiary/aromatic N) is 1. The lowest BCUT2D eigenvalue weighted by atomic mass is 10.2. The van der Waals surface area contributed by atoms with Gasteiger partial charge in [0, 0.05) is 24.0 Å². The van der Waals surface area contributed by atoms with Crippen molar-refractivity contribution >= 4 is 28.9 Å². The van der Waals surface area contributed by atoms with Crippen molar-refractivity contribution in [2.45, 2.75) is 6.54 Å². The molecule has 3 aromatic rings. The molecule has 0 radical (unpaired) electrons. The summed E-state index contributed by atoms with van der Waals surface area (Å²) in [6, 6.07) is 15.1. The Labute approximate surface area is 149 Å². The highest BCUT2D eigenvalue weighted by Crippen LogP contribution is 2.18. The number of halogens is 2. The Balaban J connectivity index is 1.70. The average molecular weight is 356 g/mol. The summed E-state index contributed by atoms with van der Waals surface area (Å²) in [7, 11) is 0. The van der Waals surface area contributed by atoms with Gasteiger partial charge in [-0.1, -0.05) is 41.9 Å². The van der Waals surface area contributed by atoms with E-state index in [0.717, 1.165) is 5.56 Å². The topological polar surface area (TPSA) is 54.0 Å². The van der Waals surface area contributed by atoms with Crippen LogP contribution in [0.3, 0.4) is 0 Å². The molecule has 25 heavy (non-hydrogen) atoms. The number of anilines is 2. The zero-order valence-electron chi connectivity index (χ0n) is 13.2. The van der Waals surface area contributed by atoms with E-state index in [-0.39, 0.29) is 5.69 Å². The van der Waals surface area contributed by atoms with E-state index in [0.29, 0.717) is 22.8 Å². The van der Waals surface area contributed by atoms with Crippen LogP contribution in [0.2, 0.25) is 5.02 Å². The van der Waals surface area contributed by atoms with Gasteiger partial charge >= 0.3 is 0 Å². The molecule has 0 saturated carbocycles. The van der Waals surface area contributed by atoms with Gasteiger partial charge in [-0.3, -0.25) is 9.78 Å². The summed E-state index contributed by atoms with van der Waals surface area (Å²) in [5.74, 6) is -0.921. The lowest BCUT2D eigenvalue weighted by molar-refractivity contribution is 0.102. The first kappa shape index (κ1) is 16.9. The molecule has 0 aliphatic rings. The van der Waals surface area contributed by atoms with Crippen LogP contribution in [-0.2, 0) is 6.54 Å². The van der Waals surface area contributed by atoms with Gasteiger partial charge in [-0.15, -0.1) is 0 Å². The van der Waals surface area contributed by atoms with Crippen molar-refractivity contribution in [1.29, 1.82) is 0 Å². The van der Waals surface area contributed by atoms with Crippen molar-refractivity contribution in [2.24, 2.45) is 0 Å². The number of nitrogens with one attached hydrogen (secondary N) is 2. The quantitative estimate of drug-likeness (QED) is 0.695. The van der Waals surface area contributed by atoms with Crippen LogP contribution < -0.4 is 10.6 Å². The summed E-state index contributed by atoms with van der Waals surface area (Å²) in [4.78, 5) is 16.3. The number of benzene rings is 2. The highest BCUT2D eigenvalue weighted by molar-refractivity contribution is 6.31. The SMILES string of the molecule is O=C(Nc1ccccc1F)c1cncc(NCc2ccccc2Cl)c1. The van der Waals surface area contributed by atoms with Crippen LogP contribution in [0.4, 0.5) is 15.8 Å². The molecule has 2 aromatic carbocycles. The Morgan fingerprint density at radius 2 is 1.84 bits per heavy atom. The van der Waals surface area contributed by atoms with Gasteiger partial charge in [0.2, 0.25) is 0 Å². The molecule has 4 nitrogen and oxygen atoms in total. The molecule has 6 heteroatoms. The van der Waals surface area contributed by atoms with Crippen LogP contribution in [0.5, 0.6) is 0 Å². The Kier molecular flexibility index (Phi) is 5.26. The number of carbonyl (C=O) groups is 1. The smallest absolute Gasteiger partial charge is 0.257 e. The summed E-state index contributed by atoms with van der Waals surface area (Å²) in [6.45, 7) is 0.500. The zero-order chi connectivity index (χ0) is 17.6. The van der Waals surface area contributed by atoms with Gasteiger partial charge in [0.15, 0.2) is 0 Å². The number of rotatable bonds is 5. The predicted octanol–water partition coefficient (Wildman–Crippen LogP) is 4.74. The van der Waals surface area contributed by atoms with E-state index in [1.807, 2.05) is 24.3 Å². The van der Waals surface area contributed by atoms with Crippen molar-refractivity contribution in [3.05, 3.63) is 89.0 Å². The third kappa shape index (κ3) is 4.33. The van der Waals surface area contributed by atoms with E-state index in [4.69, 9.17) is 11.6 Å². The Bertz CT molecular complexity index is 901. The number of hydrogen-bond donors (Lipinski definition) is 2. The number of hydrogen-bond acceptors (Lipinski definition) is 3. The second-order valence-electron chi connectivity index (χ2n) is 5.34. The van der Waals surface area contributed by atoms with Gasteiger partial charge in [0.05, 0.1) is 16.9 Å². The molecule has 0 bridgehead atoms. The number of para-hydroxylation sites is 1. The highest BCUT2D eigenvalue weighted by Gasteiger charge is 2.10. The molecule has 0 unspecified atom stereocenters. The zero-order valence-corrected chi connectivity index (χ0v) is 13.9. The fraction of sp³-hybridized carbons (Fsp3) is 0.0526. The van der Waals surface area contributed by atoms with Gasteiger partial charge in [-0.05, 0) is 29.8 Å². The van der Waals surface area contributed by atoms with Crippen LogP contribution in [-0.4, -0.2) is 10.9 Å². The average Bonchev–Trinajstić information content (AvgIpc) is 2.63. The molecule has 1 amide bonds. The monoisotopic (exact) mass is 355 g/mol. The normalized spacial score (nSPS) is 10.3. The first-order valence-electron chi connectivity index (χ1n) is 7.61. The first-order valence-corrected chi connectivity index (χ1v) is 7.99. The fourth-order valence-electron chi connectivity index (χ4n) is 2.26. The lowest BCUT2D eigenvalue weighted by Crippen LogP contribution is -2.13. The number of carbonyl (C=O) groups excluding carboxylic acids is 1. The first-order chi connectivity index (χ1) is 12.1. The van der Waals surface area contributed by atoms with E-state index in [1.165, 1.54) is 18.3 Å². The predicted molar refractivity (Wildman–Crippen MR) is 97.4 cm³/mol. The van der Waals surface area contributed by atoms with E-state index in [2.05, 4.69) is 15.6 Å². The van der Waals surface area contributed by atoms with E-state index >= 15 is 0 Å². The molecule has 0 atom stereocenters. The van der Waals surface area contributed by atoms with Crippen LogP contribution in [0, 0.1) is 5.82 Å². The molecule has 0 fully saturated rings. The number of amides is 1. The number of aromatic nitrogens is 1. The maximum absolute atomic E-state index is 13.6. The Hall–Kier alpha value is -2.92. The van der Waals surface area contributed by atoms with E-state index in [1.54, 1.807) is 24.4 Å². The molecule has 0 aliphatic heterocycles. The van der Waals surface area contributed by atoms with Crippen molar-refractivity contribution < 1.29 is 9.18 Å². The summed E-state index contributed by atoms with van der Waals surface area (Å²) in [5.41, 5.74) is 2.06. The van der Waals surface area contributed by atoms with Crippen molar-refractivity contribution in [2.75, 3.05) is 10.6 Å². The molecule has 1 heterocycles. The lowest BCUT2D eigenvalue weighted by Gasteiger charge is -2.10. The largest absolute Gasteiger partial charge is 0.380 e. The van der Waals surface area contributed by atoms with Crippen molar-refractivity contribution in [1.82, 2.24) is 4.98 Å². The van der Waals surface area contributed by atoms with Crippen LogP contribution in [0.15, 0.2) is 67.0 Å². The minimum Gasteiger partial charge on any atom is -0.380 e. The van der Waals surface area contributed by atoms with Crippen LogP contribution >= 0.6 is 11.6 Å². The number of pyridine rings is 1. The summed E-state index contributed by atoms with van der Waals surface area (Å²) in [6.07, 6.45) is 3.04. The van der Waals surface area contributed by atoms with Crippen molar-refractivity contribution in [3.8, 4) is 0 Å². The van der Waals surface area contributed by atoms with E-state index in [9.17, 15) is 9.18 Å². The van der Waals surface area contributed by atoms with Gasteiger partial charge in [-0.2, -0.15) is 0 Å². The second kappa shape index (κ2) is 7.77. The summed E-state index contributed by atoms with van der Waals surface area (Å²) < 4.78 is 13.6. The molecule has 3 rings (SSSR count). The van der Waals surface area contributed by atoms with Crippen LogP contribution in [0.1, 0.15) is 15.9 Å². The fourth-order valence-corrected chi connectivity index (χ4v) is 2.46. The summed E-state index contributed by atoms with van der Waals surface area (Å²) in [5, 5.41) is 6.37. The minimum absolute atomic E-state index is 0.127. The maximum Gasteiger partial charge on any atom is 0.257 e. The van der Waals surface area contributed by atoms with Crippen molar-refractivity contribution in [3.63, 3.8) is 0 Å². The van der Waals surface area contributed by atoms with E-state index < -0.39 is 11.7 Å².